The van der Waals surface area contributed by atoms with Gasteiger partial charge in [-0.2, -0.15) is 0 Å². The molecular formula is C22H21F2N3O3. The third-order valence-corrected chi connectivity index (χ3v) is 5.31. The zero-order valence-electron chi connectivity index (χ0n) is 16.7. The molecule has 0 aliphatic carbocycles. The van der Waals surface area contributed by atoms with E-state index in [4.69, 9.17) is 4.74 Å². The molecule has 0 saturated heterocycles. The predicted molar refractivity (Wildman–Crippen MR) is 109 cm³/mol. The molecule has 2 aromatic carbocycles. The molecule has 0 unspecified atom stereocenters. The second-order valence-corrected chi connectivity index (χ2v) is 7.51. The number of ether oxygens (including phenoxy) is 1. The van der Waals surface area contributed by atoms with Crippen LogP contribution >= 0.6 is 0 Å². The van der Waals surface area contributed by atoms with Gasteiger partial charge in [-0.05, 0) is 35.7 Å². The Morgan fingerprint density at radius 3 is 2.63 bits per heavy atom. The minimum atomic E-state index is -1.07. The number of halogens is 2. The molecule has 0 saturated carbocycles. The lowest BCUT2D eigenvalue weighted by Gasteiger charge is -2.17. The summed E-state index contributed by atoms with van der Waals surface area (Å²) in [5.74, 6) is -2.98. The molecule has 4 rings (SSSR count). The van der Waals surface area contributed by atoms with Gasteiger partial charge in [0.1, 0.15) is 0 Å². The van der Waals surface area contributed by atoms with Crippen LogP contribution in [-0.2, 0) is 16.0 Å². The maximum Gasteiger partial charge on any atom is 0.333 e. The van der Waals surface area contributed by atoms with Crippen molar-refractivity contribution in [2.75, 3.05) is 7.11 Å². The van der Waals surface area contributed by atoms with Crippen molar-refractivity contribution in [1.82, 2.24) is 14.5 Å². The first kappa shape index (κ1) is 20.0. The molecule has 0 amide bonds. The number of imidazole rings is 1. The van der Waals surface area contributed by atoms with E-state index >= 15 is 0 Å². The van der Waals surface area contributed by atoms with Gasteiger partial charge in [0.05, 0.1) is 22.9 Å². The normalized spacial score (nSPS) is 12.9. The highest BCUT2D eigenvalue weighted by Crippen LogP contribution is 2.37. The Morgan fingerprint density at radius 2 is 2.00 bits per heavy atom. The second kappa shape index (κ2) is 7.53. The zero-order valence-corrected chi connectivity index (χ0v) is 16.7. The van der Waals surface area contributed by atoms with Crippen LogP contribution in [0.25, 0.3) is 27.6 Å². The van der Waals surface area contributed by atoms with E-state index in [9.17, 15) is 18.7 Å². The van der Waals surface area contributed by atoms with E-state index in [1.807, 2.05) is 30.5 Å². The summed E-state index contributed by atoms with van der Waals surface area (Å²) in [6.07, 6.45) is 0.666. The van der Waals surface area contributed by atoms with Crippen molar-refractivity contribution in [1.29, 1.82) is 0 Å². The SMILES string of the molecule is CO[C@@H](Cc1c(C(C)C)n(-c2ccc(F)c(F)c2)c2cc3nc[nH]c3cc12)C(=O)O. The lowest BCUT2D eigenvalue weighted by molar-refractivity contribution is -0.148. The molecule has 0 bridgehead atoms. The predicted octanol–water partition coefficient (Wildman–Crippen LogP) is 4.55. The van der Waals surface area contributed by atoms with Crippen molar-refractivity contribution in [3.8, 4) is 5.69 Å². The summed E-state index contributed by atoms with van der Waals surface area (Å²) in [5, 5.41) is 10.3. The molecule has 2 aromatic heterocycles. The van der Waals surface area contributed by atoms with Crippen LogP contribution in [0.4, 0.5) is 8.78 Å². The van der Waals surface area contributed by atoms with Gasteiger partial charge in [-0.1, -0.05) is 13.8 Å². The van der Waals surface area contributed by atoms with Crippen LogP contribution in [-0.4, -0.2) is 38.8 Å². The summed E-state index contributed by atoms with van der Waals surface area (Å²) in [5.41, 5.74) is 4.30. The maximum atomic E-state index is 14.1. The Hall–Kier alpha value is -3.26. The highest BCUT2D eigenvalue weighted by molar-refractivity contribution is 5.98. The van der Waals surface area contributed by atoms with E-state index in [2.05, 4.69) is 9.97 Å². The van der Waals surface area contributed by atoms with Crippen molar-refractivity contribution < 1.29 is 23.4 Å². The number of carboxylic acid groups (broad SMARTS) is 1. The standard InChI is InChI=1S/C22H21F2N3O3/c1-11(2)21-14(8-20(30-3)22(28)29)13-7-17-18(26-10-25-17)9-19(13)27(21)12-4-5-15(23)16(24)6-12/h4-7,9-11,20H,8H2,1-3H3,(H,25,26)(H,28,29)/t20-/m0/s1. The van der Waals surface area contributed by atoms with E-state index in [0.29, 0.717) is 11.2 Å². The molecule has 0 radical (unpaired) electrons. The summed E-state index contributed by atoms with van der Waals surface area (Å²) >= 11 is 0. The Balaban J connectivity index is 2.09. The Labute approximate surface area is 171 Å². The van der Waals surface area contributed by atoms with E-state index < -0.39 is 23.7 Å². The van der Waals surface area contributed by atoms with Crippen molar-refractivity contribution in [2.24, 2.45) is 0 Å². The molecule has 0 fully saturated rings. The summed E-state index contributed by atoms with van der Waals surface area (Å²) in [4.78, 5) is 19.0. The highest BCUT2D eigenvalue weighted by atomic mass is 19.2. The molecule has 0 aliphatic heterocycles. The van der Waals surface area contributed by atoms with Crippen LogP contribution in [0.1, 0.15) is 31.0 Å². The highest BCUT2D eigenvalue weighted by Gasteiger charge is 2.27. The largest absolute Gasteiger partial charge is 0.479 e. The average molecular weight is 413 g/mol. The maximum absolute atomic E-state index is 14.1. The van der Waals surface area contributed by atoms with Gasteiger partial charge in [0, 0.05) is 36.4 Å². The number of aromatic nitrogens is 3. The van der Waals surface area contributed by atoms with Crippen molar-refractivity contribution >= 4 is 27.9 Å². The summed E-state index contributed by atoms with van der Waals surface area (Å²) < 4.78 is 34.7. The average Bonchev–Trinajstić information content (AvgIpc) is 3.28. The van der Waals surface area contributed by atoms with Crippen LogP contribution in [0.3, 0.4) is 0 Å². The third-order valence-electron chi connectivity index (χ3n) is 5.31. The lowest BCUT2D eigenvalue weighted by atomic mass is 9.98. The van der Waals surface area contributed by atoms with Crippen LogP contribution in [0.2, 0.25) is 0 Å². The monoisotopic (exact) mass is 413 g/mol. The number of hydrogen-bond donors (Lipinski definition) is 2. The number of nitrogens with zero attached hydrogens (tertiary/aromatic N) is 2. The molecule has 1 atom stereocenters. The zero-order chi connectivity index (χ0) is 21.6. The number of nitrogens with one attached hydrogen (secondary N) is 1. The number of H-pyrrole nitrogens is 1. The van der Waals surface area contributed by atoms with Crippen molar-refractivity contribution in [2.45, 2.75) is 32.3 Å². The van der Waals surface area contributed by atoms with E-state index in [-0.39, 0.29) is 12.3 Å². The number of fused-ring (bicyclic) bond motifs is 2. The molecule has 4 aromatic rings. The topological polar surface area (TPSA) is 80.1 Å². The van der Waals surface area contributed by atoms with E-state index in [0.717, 1.165) is 39.8 Å². The van der Waals surface area contributed by atoms with Crippen LogP contribution in [0.15, 0.2) is 36.7 Å². The van der Waals surface area contributed by atoms with Crippen LogP contribution < -0.4 is 0 Å². The first-order valence-electron chi connectivity index (χ1n) is 9.53. The quantitative estimate of drug-likeness (QED) is 0.486. The Morgan fingerprint density at radius 1 is 1.23 bits per heavy atom. The van der Waals surface area contributed by atoms with Crippen molar-refractivity contribution in [3.05, 3.63) is 59.6 Å². The number of carbonyl (C=O) groups is 1. The first-order chi connectivity index (χ1) is 14.3. The molecule has 2 N–H and O–H groups in total. The molecule has 2 heterocycles. The van der Waals surface area contributed by atoms with E-state index in [1.54, 1.807) is 6.33 Å². The molecule has 6 nitrogen and oxygen atoms in total. The fourth-order valence-corrected chi connectivity index (χ4v) is 3.98. The lowest BCUT2D eigenvalue weighted by Crippen LogP contribution is -2.25. The fourth-order valence-electron chi connectivity index (χ4n) is 3.98. The molecular weight excluding hydrogens is 392 g/mol. The summed E-state index contributed by atoms with van der Waals surface area (Å²) in [6.45, 7) is 3.95. The Kier molecular flexibility index (Phi) is 5.03. The van der Waals surface area contributed by atoms with Crippen LogP contribution in [0, 0.1) is 11.6 Å². The number of methoxy groups -OCH3 is 1. The van der Waals surface area contributed by atoms with Gasteiger partial charge in [-0.15, -0.1) is 0 Å². The van der Waals surface area contributed by atoms with Gasteiger partial charge in [0.2, 0.25) is 0 Å². The van der Waals surface area contributed by atoms with E-state index in [1.165, 1.54) is 13.2 Å². The first-order valence-corrected chi connectivity index (χ1v) is 9.53. The summed E-state index contributed by atoms with van der Waals surface area (Å²) in [6, 6.07) is 7.50. The Bertz CT molecular complexity index is 1260. The molecule has 156 valence electrons. The number of rotatable bonds is 6. The van der Waals surface area contributed by atoms with Gasteiger partial charge >= 0.3 is 5.97 Å². The fraction of sp³-hybridized carbons (Fsp3) is 0.273. The second-order valence-electron chi connectivity index (χ2n) is 7.51. The van der Waals surface area contributed by atoms with Gasteiger partial charge < -0.3 is 19.4 Å². The smallest absolute Gasteiger partial charge is 0.333 e. The minimum absolute atomic E-state index is 0.0295. The van der Waals surface area contributed by atoms with Gasteiger partial charge in [-0.25, -0.2) is 18.6 Å². The molecule has 30 heavy (non-hydrogen) atoms. The van der Waals surface area contributed by atoms with Gasteiger partial charge in [0.15, 0.2) is 17.7 Å². The third kappa shape index (κ3) is 3.23. The summed E-state index contributed by atoms with van der Waals surface area (Å²) in [7, 11) is 1.36. The molecule has 8 heteroatoms. The number of aromatic amines is 1. The van der Waals surface area contributed by atoms with Crippen LogP contribution in [0.5, 0.6) is 0 Å². The number of carboxylic acids is 1. The van der Waals surface area contributed by atoms with Crippen molar-refractivity contribution in [3.63, 3.8) is 0 Å². The van der Waals surface area contributed by atoms with Gasteiger partial charge in [-0.3, -0.25) is 0 Å². The molecule has 0 aliphatic rings. The molecule has 0 spiro atoms. The minimum Gasteiger partial charge on any atom is -0.479 e. The number of benzene rings is 2. The number of hydrogen-bond acceptors (Lipinski definition) is 3. The van der Waals surface area contributed by atoms with Gasteiger partial charge in [0.25, 0.3) is 0 Å². The number of aliphatic carboxylic acids is 1.